The number of pyridine rings is 1. The van der Waals surface area contributed by atoms with Crippen molar-refractivity contribution in [2.75, 3.05) is 6.61 Å². The van der Waals surface area contributed by atoms with E-state index in [2.05, 4.69) is 11.6 Å². The van der Waals surface area contributed by atoms with E-state index in [0.717, 1.165) is 24.0 Å². The van der Waals surface area contributed by atoms with Crippen molar-refractivity contribution < 1.29 is 9.84 Å². The lowest BCUT2D eigenvalue weighted by Crippen LogP contribution is -2.06. The topological polar surface area (TPSA) is 68.4 Å². The van der Waals surface area contributed by atoms with E-state index in [0.29, 0.717) is 25.5 Å². The number of unbranched alkanes of at least 4 members (excludes halogenated alkanes) is 1. The second kappa shape index (κ2) is 7.04. The van der Waals surface area contributed by atoms with Crippen molar-refractivity contribution >= 4 is 0 Å². The molecule has 0 saturated carbocycles. The van der Waals surface area contributed by atoms with Crippen molar-refractivity contribution in [2.24, 2.45) is 5.73 Å². The number of rotatable bonds is 7. The summed E-state index contributed by atoms with van der Waals surface area (Å²) >= 11 is 0. The molecule has 0 saturated heterocycles. The molecule has 0 aliphatic carbocycles. The highest BCUT2D eigenvalue weighted by Gasteiger charge is 2.10. The molecule has 0 fully saturated rings. The summed E-state index contributed by atoms with van der Waals surface area (Å²) in [6.07, 6.45) is 5.48. The number of aromatic nitrogens is 1. The molecule has 0 aromatic carbocycles. The molecule has 1 aromatic rings. The van der Waals surface area contributed by atoms with Gasteiger partial charge in [-0.25, -0.2) is 0 Å². The van der Waals surface area contributed by atoms with Crippen LogP contribution in [-0.2, 0) is 17.9 Å². The summed E-state index contributed by atoms with van der Waals surface area (Å²) in [6.45, 7) is 6.80. The summed E-state index contributed by atoms with van der Waals surface area (Å²) in [5.74, 6) is 0.180. The van der Waals surface area contributed by atoms with Crippen molar-refractivity contribution in [1.82, 2.24) is 4.98 Å². The van der Waals surface area contributed by atoms with E-state index in [-0.39, 0.29) is 5.75 Å². The Morgan fingerprint density at radius 1 is 1.59 bits per heavy atom. The Kier molecular flexibility index (Phi) is 5.66. The van der Waals surface area contributed by atoms with Gasteiger partial charge in [0.15, 0.2) is 0 Å². The Morgan fingerprint density at radius 2 is 2.35 bits per heavy atom. The van der Waals surface area contributed by atoms with E-state index in [4.69, 9.17) is 10.5 Å². The molecule has 0 aliphatic rings. The fourth-order valence-electron chi connectivity index (χ4n) is 1.55. The molecule has 0 spiro atoms. The number of nitrogens with zero attached hydrogens (tertiary/aromatic N) is 1. The van der Waals surface area contributed by atoms with Crippen LogP contribution in [0.25, 0.3) is 0 Å². The van der Waals surface area contributed by atoms with Gasteiger partial charge in [-0.05, 0) is 19.8 Å². The van der Waals surface area contributed by atoms with E-state index in [1.165, 1.54) is 0 Å². The van der Waals surface area contributed by atoms with Crippen LogP contribution in [0.4, 0.5) is 0 Å². The highest BCUT2D eigenvalue weighted by atomic mass is 16.5. The fourth-order valence-corrected chi connectivity index (χ4v) is 1.55. The van der Waals surface area contributed by atoms with E-state index in [1.807, 2.05) is 6.08 Å². The maximum absolute atomic E-state index is 9.81. The zero-order chi connectivity index (χ0) is 12.7. The Morgan fingerprint density at radius 3 is 3.00 bits per heavy atom. The summed E-state index contributed by atoms with van der Waals surface area (Å²) in [6, 6.07) is 0. The van der Waals surface area contributed by atoms with Gasteiger partial charge in [0.1, 0.15) is 5.75 Å². The first-order valence-corrected chi connectivity index (χ1v) is 5.75. The quantitative estimate of drug-likeness (QED) is 0.561. The zero-order valence-corrected chi connectivity index (χ0v) is 10.3. The maximum atomic E-state index is 9.81. The van der Waals surface area contributed by atoms with Crippen molar-refractivity contribution in [3.8, 4) is 5.75 Å². The average molecular weight is 236 g/mol. The lowest BCUT2D eigenvalue weighted by atomic mass is 10.1. The average Bonchev–Trinajstić information content (AvgIpc) is 2.33. The molecule has 4 heteroatoms. The molecular weight excluding hydrogens is 216 g/mol. The highest BCUT2D eigenvalue weighted by molar-refractivity contribution is 5.40. The minimum atomic E-state index is 0.180. The van der Waals surface area contributed by atoms with Gasteiger partial charge in [-0.3, -0.25) is 4.98 Å². The molecule has 4 nitrogen and oxygen atoms in total. The van der Waals surface area contributed by atoms with Crippen LogP contribution in [0, 0.1) is 6.92 Å². The van der Waals surface area contributed by atoms with Gasteiger partial charge < -0.3 is 15.6 Å². The fraction of sp³-hybridized carbons (Fsp3) is 0.462. The van der Waals surface area contributed by atoms with Crippen LogP contribution in [0.1, 0.15) is 29.7 Å². The molecule has 0 amide bonds. The maximum Gasteiger partial charge on any atom is 0.141 e. The predicted molar refractivity (Wildman–Crippen MR) is 67.6 cm³/mol. The van der Waals surface area contributed by atoms with Crippen molar-refractivity contribution in [1.29, 1.82) is 0 Å². The Labute approximate surface area is 102 Å². The molecule has 0 unspecified atom stereocenters. The van der Waals surface area contributed by atoms with Crippen LogP contribution < -0.4 is 5.73 Å². The molecule has 1 heterocycles. The lowest BCUT2D eigenvalue weighted by Gasteiger charge is -2.11. The number of hydrogen-bond donors (Lipinski definition) is 2. The monoisotopic (exact) mass is 236 g/mol. The van der Waals surface area contributed by atoms with Crippen LogP contribution in [-0.4, -0.2) is 16.7 Å². The first-order valence-electron chi connectivity index (χ1n) is 5.75. The number of ether oxygens (including phenoxy) is 1. The van der Waals surface area contributed by atoms with E-state index >= 15 is 0 Å². The SMILES string of the molecule is C=CCCCOCc1cnc(C)c(O)c1CN. The minimum absolute atomic E-state index is 0.180. The summed E-state index contributed by atoms with van der Waals surface area (Å²) in [7, 11) is 0. The summed E-state index contributed by atoms with van der Waals surface area (Å²) < 4.78 is 5.50. The lowest BCUT2D eigenvalue weighted by molar-refractivity contribution is 0.118. The highest BCUT2D eigenvalue weighted by Crippen LogP contribution is 2.23. The molecule has 94 valence electrons. The smallest absolute Gasteiger partial charge is 0.141 e. The van der Waals surface area contributed by atoms with E-state index in [1.54, 1.807) is 13.1 Å². The summed E-state index contributed by atoms with van der Waals surface area (Å²) in [4.78, 5) is 4.10. The number of allylic oxidation sites excluding steroid dienone is 1. The third-order valence-electron chi connectivity index (χ3n) is 2.59. The summed E-state index contributed by atoms with van der Waals surface area (Å²) in [5, 5.41) is 9.81. The molecule has 1 aromatic heterocycles. The first-order chi connectivity index (χ1) is 8.20. The van der Waals surface area contributed by atoms with Crippen LogP contribution >= 0.6 is 0 Å². The number of aryl methyl sites for hydroxylation is 1. The van der Waals surface area contributed by atoms with Gasteiger partial charge in [0.2, 0.25) is 0 Å². The van der Waals surface area contributed by atoms with Gasteiger partial charge in [0.05, 0.1) is 12.3 Å². The molecule has 0 atom stereocenters. The van der Waals surface area contributed by atoms with Crippen molar-refractivity contribution in [3.05, 3.63) is 35.7 Å². The Hall–Kier alpha value is -1.39. The van der Waals surface area contributed by atoms with Crippen LogP contribution in [0.5, 0.6) is 5.75 Å². The van der Waals surface area contributed by atoms with Crippen LogP contribution in [0.3, 0.4) is 0 Å². The van der Waals surface area contributed by atoms with Gasteiger partial charge in [-0.1, -0.05) is 6.08 Å². The third-order valence-corrected chi connectivity index (χ3v) is 2.59. The molecule has 1 rings (SSSR count). The molecule has 3 N–H and O–H groups in total. The second-order valence-electron chi connectivity index (χ2n) is 3.88. The zero-order valence-electron chi connectivity index (χ0n) is 10.3. The number of hydrogen-bond acceptors (Lipinski definition) is 4. The third kappa shape index (κ3) is 3.84. The van der Waals surface area contributed by atoms with Crippen molar-refractivity contribution in [2.45, 2.75) is 32.9 Å². The largest absolute Gasteiger partial charge is 0.506 e. The van der Waals surface area contributed by atoms with Gasteiger partial charge in [0.25, 0.3) is 0 Å². The number of aromatic hydroxyl groups is 1. The molecule has 0 bridgehead atoms. The molecule has 17 heavy (non-hydrogen) atoms. The Bertz CT molecular complexity index is 378. The summed E-state index contributed by atoms with van der Waals surface area (Å²) in [5.41, 5.74) is 7.79. The van der Waals surface area contributed by atoms with E-state index in [9.17, 15) is 5.11 Å². The normalized spacial score (nSPS) is 10.5. The number of nitrogens with two attached hydrogens (primary N) is 1. The van der Waals surface area contributed by atoms with E-state index < -0.39 is 0 Å². The molecule has 0 radical (unpaired) electrons. The van der Waals surface area contributed by atoms with Crippen LogP contribution in [0.2, 0.25) is 0 Å². The van der Waals surface area contributed by atoms with Gasteiger partial charge in [0, 0.05) is 30.5 Å². The second-order valence-corrected chi connectivity index (χ2v) is 3.88. The molecule has 0 aliphatic heterocycles. The van der Waals surface area contributed by atoms with Crippen LogP contribution in [0.15, 0.2) is 18.9 Å². The predicted octanol–water partition coefficient (Wildman–Crippen LogP) is 2.04. The van der Waals surface area contributed by atoms with Gasteiger partial charge in [-0.15, -0.1) is 6.58 Å². The first kappa shape index (κ1) is 13.7. The minimum Gasteiger partial charge on any atom is -0.506 e. The van der Waals surface area contributed by atoms with Gasteiger partial charge >= 0.3 is 0 Å². The Balaban J connectivity index is 2.58. The van der Waals surface area contributed by atoms with Gasteiger partial charge in [-0.2, -0.15) is 0 Å². The standard InChI is InChI=1S/C13H20N2O2/c1-3-4-5-6-17-9-11-8-15-10(2)13(16)12(11)7-14/h3,8,16H,1,4-7,9,14H2,2H3. The molecular formula is C13H20N2O2. The van der Waals surface area contributed by atoms with Crippen molar-refractivity contribution in [3.63, 3.8) is 0 Å².